The molecule has 0 bridgehead atoms. The maximum absolute atomic E-state index is 5.73. The summed E-state index contributed by atoms with van der Waals surface area (Å²) in [6, 6.07) is 8.29. The molecule has 0 radical (unpaired) electrons. The van der Waals surface area contributed by atoms with Gasteiger partial charge >= 0.3 is 0 Å². The van der Waals surface area contributed by atoms with Gasteiger partial charge in [0.1, 0.15) is 5.82 Å². The van der Waals surface area contributed by atoms with Crippen LogP contribution in [-0.4, -0.2) is 41.1 Å². The first kappa shape index (κ1) is 14.2. The first-order valence-corrected chi connectivity index (χ1v) is 8.47. The van der Waals surface area contributed by atoms with E-state index in [-0.39, 0.29) is 0 Å². The summed E-state index contributed by atoms with van der Waals surface area (Å²) < 4.78 is 1.24. The van der Waals surface area contributed by atoms with Gasteiger partial charge in [-0.3, -0.25) is 0 Å². The number of rotatable bonds is 2. The van der Waals surface area contributed by atoms with E-state index >= 15 is 0 Å². The molecule has 1 fully saturated rings. The van der Waals surface area contributed by atoms with Crippen molar-refractivity contribution >= 4 is 38.5 Å². The lowest BCUT2D eigenvalue weighted by atomic mass is 10.2. The summed E-state index contributed by atoms with van der Waals surface area (Å²) in [6.07, 6.45) is 1.79. The molecule has 0 aliphatic carbocycles. The minimum absolute atomic E-state index is 0.333. The van der Waals surface area contributed by atoms with Crippen molar-refractivity contribution < 1.29 is 0 Å². The molecule has 0 spiro atoms. The Labute approximate surface area is 138 Å². The van der Waals surface area contributed by atoms with E-state index in [2.05, 4.69) is 38.0 Å². The fourth-order valence-electron chi connectivity index (χ4n) is 2.87. The van der Waals surface area contributed by atoms with Gasteiger partial charge in [-0.1, -0.05) is 23.5 Å². The third-order valence-corrected chi connectivity index (χ3v) is 5.19. The Kier molecular flexibility index (Phi) is 3.49. The Morgan fingerprint density at radius 1 is 1.04 bits per heavy atom. The predicted molar refractivity (Wildman–Crippen MR) is 95.2 cm³/mol. The molecule has 4 rings (SSSR count). The number of hydrogen-bond donors (Lipinski definition) is 1. The number of para-hydroxylation sites is 1. The highest BCUT2D eigenvalue weighted by atomic mass is 32.1. The molecule has 7 heteroatoms. The zero-order valence-electron chi connectivity index (χ0n) is 12.9. The van der Waals surface area contributed by atoms with E-state index in [1.807, 2.05) is 13.0 Å². The molecule has 0 unspecified atom stereocenters. The van der Waals surface area contributed by atoms with E-state index in [1.165, 1.54) is 4.70 Å². The van der Waals surface area contributed by atoms with Crippen molar-refractivity contribution in [1.82, 2.24) is 15.0 Å². The number of aryl methyl sites for hydroxylation is 1. The topological polar surface area (TPSA) is 71.2 Å². The van der Waals surface area contributed by atoms with Crippen LogP contribution in [0.5, 0.6) is 0 Å². The van der Waals surface area contributed by atoms with Gasteiger partial charge in [-0.25, -0.2) is 9.97 Å². The van der Waals surface area contributed by atoms with Gasteiger partial charge in [0.15, 0.2) is 5.13 Å². The number of anilines is 3. The molecular formula is C16H18N6S. The first-order valence-electron chi connectivity index (χ1n) is 7.65. The maximum atomic E-state index is 5.73. The number of nitrogens with zero attached hydrogens (tertiary/aromatic N) is 5. The average molecular weight is 326 g/mol. The highest BCUT2D eigenvalue weighted by Crippen LogP contribution is 2.29. The van der Waals surface area contributed by atoms with Crippen molar-refractivity contribution in [3.63, 3.8) is 0 Å². The largest absolute Gasteiger partial charge is 0.368 e. The van der Waals surface area contributed by atoms with Crippen LogP contribution >= 0.6 is 11.3 Å². The molecule has 6 nitrogen and oxygen atoms in total. The molecular weight excluding hydrogens is 308 g/mol. The molecule has 3 aromatic rings. The lowest BCUT2D eigenvalue weighted by molar-refractivity contribution is 0.644. The second-order valence-electron chi connectivity index (χ2n) is 5.67. The Balaban J connectivity index is 1.51. The second-order valence-corrected chi connectivity index (χ2v) is 6.68. The average Bonchev–Trinajstić information content (AvgIpc) is 3.01. The lowest BCUT2D eigenvalue weighted by Gasteiger charge is -2.35. The van der Waals surface area contributed by atoms with Crippen molar-refractivity contribution in [1.29, 1.82) is 0 Å². The van der Waals surface area contributed by atoms with Crippen LogP contribution in [0.3, 0.4) is 0 Å². The molecule has 0 amide bonds. The van der Waals surface area contributed by atoms with Gasteiger partial charge in [-0.15, -0.1) is 0 Å². The number of benzene rings is 1. The Bertz CT molecular complexity index is 804. The molecule has 1 aromatic carbocycles. The van der Waals surface area contributed by atoms with Gasteiger partial charge in [0, 0.05) is 37.9 Å². The third kappa shape index (κ3) is 2.68. The number of hydrogen-bond acceptors (Lipinski definition) is 7. The molecule has 2 aromatic heterocycles. The summed E-state index contributed by atoms with van der Waals surface area (Å²) in [5.41, 5.74) is 7.87. The van der Waals surface area contributed by atoms with Crippen LogP contribution < -0.4 is 15.5 Å². The van der Waals surface area contributed by atoms with Crippen molar-refractivity contribution in [2.75, 3.05) is 41.7 Å². The van der Waals surface area contributed by atoms with E-state index in [4.69, 9.17) is 10.7 Å². The zero-order chi connectivity index (χ0) is 15.8. The summed E-state index contributed by atoms with van der Waals surface area (Å²) in [7, 11) is 0. The normalized spacial score (nSPS) is 15.3. The van der Waals surface area contributed by atoms with E-state index in [0.29, 0.717) is 5.95 Å². The number of thiazole rings is 1. The van der Waals surface area contributed by atoms with Crippen molar-refractivity contribution in [3.05, 3.63) is 36.0 Å². The number of fused-ring (bicyclic) bond motifs is 1. The van der Waals surface area contributed by atoms with Gasteiger partial charge in [-0.2, -0.15) is 4.98 Å². The predicted octanol–water partition coefficient (Wildman–Crippen LogP) is 2.30. The van der Waals surface area contributed by atoms with E-state index in [9.17, 15) is 0 Å². The summed E-state index contributed by atoms with van der Waals surface area (Å²) in [6.45, 7) is 5.71. The SMILES string of the molecule is Cc1cnc(N)nc1N1CCN(c2nc3ccccc3s2)CC1. The molecule has 0 atom stereocenters. The molecule has 3 heterocycles. The van der Waals surface area contributed by atoms with Crippen molar-refractivity contribution in [2.24, 2.45) is 0 Å². The smallest absolute Gasteiger partial charge is 0.221 e. The third-order valence-electron chi connectivity index (χ3n) is 4.10. The second kappa shape index (κ2) is 5.66. The van der Waals surface area contributed by atoms with Gasteiger partial charge in [0.05, 0.1) is 10.2 Å². The van der Waals surface area contributed by atoms with E-state index in [0.717, 1.165) is 48.2 Å². The molecule has 1 saturated heterocycles. The highest BCUT2D eigenvalue weighted by Gasteiger charge is 2.22. The van der Waals surface area contributed by atoms with E-state index in [1.54, 1.807) is 17.5 Å². The molecule has 1 aliphatic heterocycles. The molecule has 2 N–H and O–H groups in total. The first-order chi connectivity index (χ1) is 11.2. The van der Waals surface area contributed by atoms with Crippen LogP contribution in [0.1, 0.15) is 5.56 Å². The summed E-state index contributed by atoms with van der Waals surface area (Å²) in [4.78, 5) is 17.8. The fourth-order valence-corrected chi connectivity index (χ4v) is 3.89. The van der Waals surface area contributed by atoms with Gasteiger partial charge < -0.3 is 15.5 Å². The van der Waals surface area contributed by atoms with E-state index < -0.39 is 0 Å². The number of nitrogen functional groups attached to an aromatic ring is 1. The Morgan fingerprint density at radius 3 is 2.57 bits per heavy atom. The summed E-state index contributed by atoms with van der Waals surface area (Å²) >= 11 is 1.76. The molecule has 1 aliphatic rings. The van der Waals surface area contributed by atoms with Crippen LogP contribution in [0.15, 0.2) is 30.5 Å². The Hall–Kier alpha value is -2.41. The number of piperazine rings is 1. The van der Waals surface area contributed by atoms with Gasteiger partial charge in [0.2, 0.25) is 5.95 Å². The van der Waals surface area contributed by atoms with Crippen LogP contribution in [-0.2, 0) is 0 Å². The minimum Gasteiger partial charge on any atom is -0.368 e. The lowest BCUT2D eigenvalue weighted by Crippen LogP contribution is -2.47. The highest BCUT2D eigenvalue weighted by molar-refractivity contribution is 7.22. The molecule has 118 valence electrons. The number of aromatic nitrogens is 3. The van der Waals surface area contributed by atoms with Crippen LogP contribution in [0, 0.1) is 6.92 Å². The van der Waals surface area contributed by atoms with Crippen LogP contribution in [0.25, 0.3) is 10.2 Å². The monoisotopic (exact) mass is 326 g/mol. The standard InChI is InChI=1S/C16H18N6S/c1-11-10-18-15(17)20-14(11)21-6-8-22(9-7-21)16-19-12-4-2-3-5-13(12)23-16/h2-5,10H,6-9H2,1H3,(H2,17,18,20). The zero-order valence-corrected chi connectivity index (χ0v) is 13.8. The Morgan fingerprint density at radius 2 is 1.78 bits per heavy atom. The van der Waals surface area contributed by atoms with Crippen LogP contribution in [0.2, 0.25) is 0 Å². The summed E-state index contributed by atoms with van der Waals surface area (Å²) in [5, 5.41) is 1.10. The molecule has 23 heavy (non-hydrogen) atoms. The van der Waals surface area contributed by atoms with Crippen molar-refractivity contribution in [2.45, 2.75) is 6.92 Å². The molecule has 0 saturated carbocycles. The number of nitrogens with two attached hydrogens (primary N) is 1. The van der Waals surface area contributed by atoms with Gasteiger partial charge in [0.25, 0.3) is 0 Å². The van der Waals surface area contributed by atoms with Crippen LogP contribution in [0.4, 0.5) is 16.9 Å². The van der Waals surface area contributed by atoms with Gasteiger partial charge in [-0.05, 0) is 19.1 Å². The quantitative estimate of drug-likeness (QED) is 0.779. The fraction of sp³-hybridized carbons (Fsp3) is 0.312. The minimum atomic E-state index is 0.333. The van der Waals surface area contributed by atoms with Crippen molar-refractivity contribution in [3.8, 4) is 0 Å². The summed E-state index contributed by atoms with van der Waals surface area (Å²) in [5.74, 6) is 1.28. The maximum Gasteiger partial charge on any atom is 0.221 e.